The second-order valence-corrected chi connectivity index (χ2v) is 5.22. The SMILES string of the molecule is O=C(Cl)c1cc(N2C(O)C=C(C(F)(F)F)NC2O)c(F)cc1Cl. The molecular weight excluding hydrogens is 367 g/mol. The van der Waals surface area contributed by atoms with Crippen molar-refractivity contribution in [3.05, 3.63) is 40.3 Å². The highest BCUT2D eigenvalue weighted by atomic mass is 35.5. The summed E-state index contributed by atoms with van der Waals surface area (Å²) in [5.41, 5.74) is -2.30. The lowest BCUT2D eigenvalue weighted by Gasteiger charge is -2.38. The van der Waals surface area contributed by atoms with Crippen molar-refractivity contribution in [1.29, 1.82) is 0 Å². The van der Waals surface area contributed by atoms with Crippen LogP contribution in [0.25, 0.3) is 0 Å². The van der Waals surface area contributed by atoms with Gasteiger partial charge in [0.15, 0.2) is 6.23 Å². The zero-order chi connectivity index (χ0) is 17.5. The van der Waals surface area contributed by atoms with E-state index in [-0.39, 0.29) is 10.6 Å². The Bertz CT molecular complexity index is 681. The molecule has 5 nitrogen and oxygen atoms in total. The van der Waals surface area contributed by atoms with E-state index in [9.17, 15) is 32.6 Å². The second kappa shape index (κ2) is 6.16. The smallest absolute Gasteiger partial charge is 0.370 e. The van der Waals surface area contributed by atoms with Gasteiger partial charge in [-0.1, -0.05) is 11.6 Å². The molecule has 11 heteroatoms. The van der Waals surface area contributed by atoms with Crippen LogP contribution in [0.3, 0.4) is 0 Å². The average Bonchev–Trinajstić information content (AvgIpc) is 2.38. The number of halogens is 6. The van der Waals surface area contributed by atoms with E-state index in [1.807, 2.05) is 0 Å². The Morgan fingerprint density at radius 3 is 2.39 bits per heavy atom. The molecule has 126 valence electrons. The molecule has 1 aromatic rings. The highest BCUT2D eigenvalue weighted by Gasteiger charge is 2.41. The van der Waals surface area contributed by atoms with Gasteiger partial charge >= 0.3 is 6.18 Å². The first-order valence-corrected chi connectivity index (χ1v) is 6.67. The normalized spacial score (nSPS) is 21.7. The summed E-state index contributed by atoms with van der Waals surface area (Å²) in [6.45, 7) is 0. The Hall–Kier alpha value is -1.55. The number of carbonyl (C=O) groups is 1. The van der Waals surface area contributed by atoms with Crippen molar-refractivity contribution in [2.75, 3.05) is 4.90 Å². The molecule has 0 radical (unpaired) electrons. The zero-order valence-corrected chi connectivity index (χ0v) is 12.4. The fraction of sp³-hybridized carbons (Fsp3) is 0.250. The summed E-state index contributed by atoms with van der Waals surface area (Å²) in [6.07, 6.45) is -8.63. The van der Waals surface area contributed by atoms with Crippen molar-refractivity contribution in [2.24, 2.45) is 0 Å². The van der Waals surface area contributed by atoms with Crippen LogP contribution in [0.1, 0.15) is 10.4 Å². The number of benzene rings is 1. The van der Waals surface area contributed by atoms with Crippen LogP contribution < -0.4 is 10.2 Å². The Labute approximate surface area is 136 Å². The summed E-state index contributed by atoms with van der Waals surface area (Å²) in [4.78, 5) is 11.7. The molecule has 2 rings (SSSR count). The largest absolute Gasteiger partial charge is 0.430 e. The lowest BCUT2D eigenvalue weighted by atomic mass is 10.1. The summed E-state index contributed by atoms with van der Waals surface area (Å²) in [5, 5.41) is 19.8. The molecule has 0 saturated heterocycles. The second-order valence-electron chi connectivity index (χ2n) is 4.47. The van der Waals surface area contributed by atoms with Crippen LogP contribution in [-0.4, -0.2) is 34.2 Å². The van der Waals surface area contributed by atoms with Crippen molar-refractivity contribution < 1.29 is 32.6 Å². The van der Waals surface area contributed by atoms with Crippen LogP contribution >= 0.6 is 23.2 Å². The molecule has 0 aromatic heterocycles. The van der Waals surface area contributed by atoms with Gasteiger partial charge < -0.3 is 15.5 Å². The maximum absolute atomic E-state index is 14.0. The Kier molecular flexibility index (Phi) is 4.76. The number of hydrogen-bond donors (Lipinski definition) is 3. The first kappa shape index (κ1) is 17.8. The first-order chi connectivity index (χ1) is 10.5. The maximum atomic E-state index is 14.0. The monoisotopic (exact) mass is 374 g/mol. The van der Waals surface area contributed by atoms with E-state index < -0.39 is 41.2 Å². The Morgan fingerprint density at radius 1 is 1.30 bits per heavy atom. The molecule has 23 heavy (non-hydrogen) atoms. The third kappa shape index (κ3) is 3.52. The maximum Gasteiger partial charge on any atom is 0.430 e. The lowest BCUT2D eigenvalue weighted by molar-refractivity contribution is -0.106. The van der Waals surface area contributed by atoms with Crippen molar-refractivity contribution in [2.45, 2.75) is 18.8 Å². The van der Waals surface area contributed by atoms with Gasteiger partial charge in [0.2, 0.25) is 6.35 Å². The summed E-state index contributed by atoms with van der Waals surface area (Å²) in [5.74, 6) is -1.08. The van der Waals surface area contributed by atoms with E-state index in [1.54, 1.807) is 5.32 Å². The molecule has 1 heterocycles. The molecule has 2 atom stereocenters. The van der Waals surface area contributed by atoms with Crippen LogP contribution in [-0.2, 0) is 0 Å². The minimum atomic E-state index is -4.84. The molecule has 1 aliphatic rings. The Morgan fingerprint density at radius 2 is 1.91 bits per heavy atom. The van der Waals surface area contributed by atoms with E-state index >= 15 is 0 Å². The van der Waals surface area contributed by atoms with E-state index in [0.717, 1.165) is 6.07 Å². The minimum absolute atomic E-state index is 0.327. The van der Waals surface area contributed by atoms with Crippen LogP contribution in [0.4, 0.5) is 23.2 Å². The Balaban J connectivity index is 2.49. The van der Waals surface area contributed by atoms with E-state index in [1.165, 1.54) is 0 Å². The molecule has 0 bridgehead atoms. The lowest BCUT2D eigenvalue weighted by Crippen LogP contribution is -2.56. The standard InChI is InChI=1S/C12H8Cl2F4N2O3/c13-5-2-6(15)7(1-4(5)10(14)22)20-9(21)3-8(12(16,17)18)19-11(20)23/h1-3,9,11,19,21,23H. The zero-order valence-electron chi connectivity index (χ0n) is 10.9. The molecule has 0 saturated carbocycles. The molecule has 0 aliphatic carbocycles. The highest BCUT2D eigenvalue weighted by Crippen LogP contribution is 2.33. The number of nitrogens with zero attached hydrogens (tertiary/aromatic N) is 1. The fourth-order valence-electron chi connectivity index (χ4n) is 1.97. The van der Waals surface area contributed by atoms with E-state index in [4.69, 9.17) is 23.2 Å². The average molecular weight is 375 g/mol. The fourth-order valence-corrected chi connectivity index (χ4v) is 2.41. The molecule has 0 fully saturated rings. The van der Waals surface area contributed by atoms with Crippen molar-refractivity contribution in [3.8, 4) is 0 Å². The highest BCUT2D eigenvalue weighted by molar-refractivity contribution is 6.68. The van der Waals surface area contributed by atoms with Crippen LogP contribution in [0.15, 0.2) is 23.9 Å². The number of anilines is 1. The number of alkyl halides is 3. The molecule has 0 spiro atoms. The number of hydrogen-bond acceptors (Lipinski definition) is 5. The van der Waals surface area contributed by atoms with Crippen LogP contribution in [0.2, 0.25) is 5.02 Å². The molecule has 2 unspecified atom stereocenters. The number of aliphatic hydroxyl groups is 2. The minimum Gasteiger partial charge on any atom is -0.370 e. The predicted octanol–water partition coefficient (Wildman–Crippen LogP) is 2.31. The summed E-state index contributed by atoms with van der Waals surface area (Å²) in [6, 6.07) is 1.50. The first-order valence-electron chi connectivity index (χ1n) is 5.91. The van der Waals surface area contributed by atoms with E-state index in [0.29, 0.717) is 17.0 Å². The number of aliphatic hydroxyl groups excluding tert-OH is 2. The third-order valence-electron chi connectivity index (χ3n) is 2.98. The van der Waals surface area contributed by atoms with Gasteiger partial charge in [-0.15, -0.1) is 0 Å². The van der Waals surface area contributed by atoms with Gasteiger partial charge in [0.05, 0.1) is 16.3 Å². The third-order valence-corrected chi connectivity index (χ3v) is 3.50. The number of allylic oxidation sites excluding steroid dienone is 1. The molecule has 3 N–H and O–H groups in total. The topological polar surface area (TPSA) is 72.8 Å². The van der Waals surface area contributed by atoms with E-state index in [2.05, 4.69) is 0 Å². The summed E-state index contributed by atoms with van der Waals surface area (Å²) in [7, 11) is 0. The van der Waals surface area contributed by atoms with Crippen molar-refractivity contribution >= 4 is 34.1 Å². The number of nitrogens with one attached hydrogen (secondary N) is 1. The number of carbonyl (C=O) groups excluding carboxylic acids is 1. The van der Waals surface area contributed by atoms with Crippen molar-refractivity contribution in [1.82, 2.24) is 5.32 Å². The van der Waals surface area contributed by atoms with Crippen LogP contribution in [0.5, 0.6) is 0 Å². The van der Waals surface area contributed by atoms with Gasteiger partial charge in [-0.2, -0.15) is 13.2 Å². The molecule has 1 aromatic carbocycles. The summed E-state index contributed by atoms with van der Waals surface area (Å²) >= 11 is 10.9. The van der Waals surface area contributed by atoms with Gasteiger partial charge in [-0.3, -0.25) is 9.69 Å². The number of rotatable bonds is 2. The van der Waals surface area contributed by atoms with Gasteiger partial charge in [-0.25, -0.2) is 4.39 Å². The van der Waals surface area contributed by atoms with Crippen molar-refractivity contribution in [3.63, 3.8) is 0 Å². The van der Waals surface area contributed by atoms with Gasteiger partial charge in [0, 0.05) is 0 Å². The molecular formula is C12H8Cl2F4N2O3. The van der Waals surface area contributed by atoms with Crippen LogP contribution in [0, 0.1) is 5.82 Å². The van der Waals surface area contributed by atoms with Gasteiger partial charge in [0.1, 0.15) is 11.5 Å². The van der Waals surface area contributed by atoms with Gasteiger partial charge in [-0.05, 0) is 29.8 Å². The van der Waals surface area contributed by atoms with Gasteiger partial charge in [0.25, 0.3) is 5.24 Å². The molecule has 0 amide bonds. The summed E-state index contributed by atoms with van der Waals surface area (Å²) < 4.78 is 51.8. The predicted molar refractivity (Wildman–Crippen MR) is 73.4 cm³/mol. The quantitative estimate of drug-likeness (QED) is 0.547. The molecule has 1 aliphatic heterocycles.